The largest absolute Gasteiger partial charge is 0.452 e. The highest BCUT2D eigenvalue weighted by Gasteiger charge is 2.23. The molecule has 9 nitrogen and oxygen atoms in total. The number of anilines is 1. The number of fused-ring (bicyclic) bond motifs is 1. The predicted octanol–water partition coefficient (Wildman–Crippen LogP) is 1.74. The number of nitrogens with one attached hydrogen (secondary N) is 1. The highest BCUT2D eigenvalue weighted by Crippen LogP contribution is 2.23. The van der Waals surface area contributed by atoms with Crippen molar-refractivity contribution in [3.8, 4) is 0 Å². The van der Waals surface area contributed by atoms with Gasteiger partial charge in [0.2, 0.25) is 0 Å². The van der Waals surface area contributed by atoms with Crippen LogP contribution in [0.5, 0.6) is 0 Å². The molecule has 0 atom stereocenters. The molecule has 2 N–H and O–H groups in total. The van der Waals surface area contributed by atoms with E-state index in [1.165, 1.54) is 17.7 Å². The van der Waals surface area contributed by atoms with Crippen LogP contribution in [0.2, 0.25) is 0 Å². The molecule has 1 heterocycles. The second-order valence-corrected chi connectivity index (χ2v) is 6.55. The molecule has 0 unspecified atom stereocenters. The third kappa shape index (κ3) is 4.88. The van der Waals surface area contributed by atoms with Gasteiger partial charge < -0.3 is 20.1 Å². The number of esters is 1. The quantitative estimate of drug-likeness (QED) is 0.413. The maximum Gasteiger partial charge on any atom is 0.341 e. The number of nitro groups is 1. The lowest BCUT2D eigenvalue weighted by Crippen LogP contribution is -2.38. The smallest absolute Gasteiger partial charge is 0.341 e. The molecular weight excluding hydrogens is 378 g/mol. The summed E-state index contributed by atoms with van der Waals surface area (Å²) in [6.45, 7) is 0.508. The molecule has 1 aliphatic heterocycles. The number of amides is 1. The van der Waals surface area contributed by atoms with Crippen molar-refractivity contribution in [2.45, 2.75) is 13.0 Å². The van der Waals surface area contributed by atoms with E-state index >= 15 is 0 Å². The molecule has 1 amide bonds. The number of carbonyl (C=O) groups is 2. The molecule has 29 heavy (non-hydrogen) atoms. The molecule has 0 bridgehead atoms. The first-order chi connectivity index (χ1) is 14.0. The number of aliphatic hydroxyl groups excluding tert-OH is 1. The van der Waals surface area contributed by atoms with Crippen molar-refractivity contribution in [1.29, 1.82) is 0 Å². The Morgan fingerprint density at radius 2 is 1.97 bits per heavy atom. The highest BCUT2D eigenvalue weighted by molar-refractivity contribution is 5.97. The molecule has 2 aromatic rings. The second-order valence-electron chi connectivity index (χ2n) is 6.55. The summed E-state index contributed by atoms with van der Waals surface area (Å²) in [5.41, 5.74) is 2.21. The van der Waals surface area contributed by atoms with Gasteiger partial charge in [-0.05, 0) is 23.6 Å². The number of benzene rings is 2. The molecule has 0 saturated carbocycles. The molecule has 9 heteroatoms. The maximum absolute atomic E-state index is 12.5. The van der Waals surface area contributed by atoms with Gasteiger partial charge in [-0.25, -0.2) is 4.79 Å². The van der Waals surface area contributed by atoms with Gasteiger partial charge in [0.1, 0.15) is 0 Å². The Morgan fingerprint density at radius 1 is 1.21 bits per heavy atom. The van der Waals surface area contributed by atoms with Gasteiger partial charge in [-0.1, -0.05) is 24.3 Å². The number of carbonyl (C=O) groups excluding carboxylic acids is 2. The molecule has 0 spiro atoms. The van der Waals surface area contributed by atoms with E-state index in [4.69, 9.17) is 9.84 Å². The van der Waals surface area contributed by atoms with Crippen LogP contribution in [0.1, 0.15) is 21.5 Å². The van der Waals surface area contributed by atoms with Gasteiger partial charge in [-0.3, -0.25) is 14.9 Å². The van der Waals surface area contributed by atoms with Crippen molar-refractivity contribution in [2.75, 3.05) is 31.6 Å². The van der Waals surface area contributed by atoms with Gasteiger partial charge in [-0.2, -0.15) is 0 Å². The van der Waals surface area contributed by atoms with Crippen LogP contribution >= 0.6 is 0 Å². The Kier molecular flexibility index (Phi) is 6.40. The van der Waals surface area contributed by atoms with E-state index in [9.17, 15) is 19.7 Å². The average Bonchev–Trinajstić information content (AvgIpc) is 2.75. The molecular formula is C20H21N3O6. The fourth-order valence-electron chi connectivity index (χ4n) is 3.16. The van der Waals surface area contributed by atoms with E-state index < -0.39 is 17.5 Å². The zero-order valence-electron chi connectivity index (χ0n) is 15.7. The van der Waals surface area contributed by atoms with E-state index in [-0.39, 0.29) is 36.0 Å². The molecule has 0 aliphatic carbocycles. The molecule has 2 aromatic carbocycles. The van der Waals surface area contributed by atoms with Crippen LogP contribution in [0, 0.1) is 10.1 Å². The van der Waals surface area contributed by atoms with E-state index in [1.807, 2.05) is 24.3 Å². The summed E-state index contributed by atoms with van der Waals surface area (Å²) in [7, 11) is 0. The Morgan fingerprint density at radius 3 is 2.69 bits per heavy atom. The average molecular weight is 399 g/mol. The molecule has 152 valence electrons. The minimum atomic E-state index is -0.847. The number of nitro benzene ring substituents is 1. The number of rotatable bonds is 7. The van der Waals surface area contributed by atoms with Crippen LogP contribution in [-0.4, -0.2) is 53.1 Å². The lowest BCUT2D eigenvalue weighted by molar-refractivity contribution is -0.384. The molecule has 1 aliphatic rings. The number of hydrogen-bond acceptors (Lipinski definition) is 7. The number of nitrogens with zero attached hydrogens (tertiary/aromatic N) is 2. The molecule has 0 aromatic heterocycles. The fourth-order valence-corrected chi connectivity index (χ4v) is 3.16. The Bertz CT molecular complexity index is 930. The van der Waals surface area contributed by atoms with Gasteiger partial charge in [0.05, 0.1) is 17.1 Å². The third-order valence-corrected chi connectivity index (χ3v) is 4.67. The zero-order chi connectivity index (χ0) is 20.8. The number of aliphatic hydroxyl groups is 1. The topological polar surface area (TPSA) is 122 Å². The van der Waals surface area contributed by atoms with Gasteiger partial charge in [-0.15, -0.1) is 0 Å². The third-order valence-electron chi connectivity index (χ3n) is 4.67. The van der Waals surface area contributed by atoms with Crippen molar-refractivity contribution < 1.29 is 24.4 Å². The van der Waals surface area contributed by atoms with Gasteiger partial charge in [0.25, 0.3) is 11.6 Å². The second kappa shape index (κ2) is 9.16. The Balaban J connectivity index is 1.66. The minimum absolute atomic E-state index is 0.0653. The van der Waals surface area contributed by atoms with Gasteiger partial charge in [0, 0.05) is 37.5 Å². The monoisotopic (exact) mass is 399 g/mol. The highest BCUT2D eigenvalue weighted by atomic mass is 16.6. The predicted molar refractivity (Wildman–Crippen MR) is 105 cm³/mol. The van der Waals surface area contributed by atoms with E-state index in [0.29, 0.717) is 13.1 Å². The van der Waals surface area contributed by atoms with Crippen LogP contribution in [0.3, 0.4) is 0 Å². The minimum Gasteiger partial charge on any atom is -0.452 e. The van der Waals surface area contributed by atoms with E-state index in [2.05, 4.69) is 5.32 Å². The Labute approximate surface area is 167 Å². The Hall–Kier alpha value is -3.46. The van der Waals surface area contributed by atoms with Crippen LogP contribution in [0.4, 0.5) is 11.4 Å². The standard InChI is InChI=1S/C20H21N3O6/c24-10-8-21-18-6-5-16(23(27)28)11-17(18)20(26)29-13-19(25)22-9-7-14-3-1-2-4-15(14)12-22/h1-6,11,21,24H,7-10,12-13H2. The summed E-state index contributed by atoms with van der Waals surface area (Å²) in [6.07, 6.45) is 0.732. The van der Waals surface area contributed by atoms with Crippen LogP contribution in [0.25, 0.3) is 0 Å². The number of ether oxygens (including phenoxy) is 1. The first-order valence-electron chi connectivity index (χ1n) is 9.14. The lowest BCUT2D eigenvalue weighted by atomic mass is 10.00. The van der Waals surface area contributed by atoms with Crippen molar-refractivity contribution in [3.63, 3.8) is 0 Å². The van der Waals surface area contributed by atoms with E-state index in [0.717, 1.165) is 18.1 Å². The zero-order valence-corrected chi connectivity index (χ0v) is 15.7. The van der Waals surface area contributed by atoms with Crippen molar-refractivity contribution >= 4 is 23.3 Å². The van der Waals surface area contributed by atoms with Crippen LogP contribution in [0.15, 0.2) is 42.5 Å². The van der Waals surface area contributed by atoms with Crippen LogP contribution in [-0.2, 0) is 22.5 Å². The summed E-state index contributed by atoms with van der Waals surface area (Å²) in [6, 6.07) is 11.6. The summed E-state index contributed by atoms with van der Waals surface area (Å²) in [4.78, 5) is 36.9. The van der Waals surface area contributed by atoms with Gasteiger partial charge >= 0.3 is 5.97 Å². The van der Waals surface area contributed by atoms with Crippen molar-refractivity contribution in [2.24, 2.45) is 0 Å². The SMILES string of the molecule is O=C(OCC(=O)N1CCc2ccccc2C1)c1cc([N+](=O)[O-])ccc1NCCO. The lowest BCUT2D eigenvalue weighted by Gasteiger charge is -2.28. The number of hydrogen-bond donors (Lipinski definition) is 2. The molecule has 3 rings (SSSR count). The first-order valence-corrected chi connectivity index (χ1v) is 9.14. The van der Waals surface area contributed by atoms with Crippen LogP contribution < -0.4 is 5.32 Å². The van der Waals surface area contributed by atoms with E-state index in [1.54, 1.807) is 4.90 Å². The summed E-state index contributed by atoms with van der Waals surface area (Å²) in [5, 5.41) is 22.8. The summed E-state index contributed by atoms with van der Waals surface area (Å²) < 4.78 is 5.13. The fraction of sp³-hybridized carbons (Fsp3) is 0.300. The van der Waals surface area contributed by atoms with Crippen molar-refractivity contribution in [1.82, 2.24) is 4.90 Å². The summed E-state index contributed by atoms with van der Waals surface area (Å²) in [5.74, 6) is -1.18. The molecule has 0 saturated heterocycles. The van der Waals surface area contributed by atoms with Crippen molar-refractivity contribution in [3.05, 3.63) is 69.3 Å². The summed E-state index contributed by atoms with van der Waals surface area (Å²) >= 11 is 0. The molecule has 0 radical (unpaired) electrons. The maximum atomic E-state index is 12.5. The first kappa shape index (κ1) is 20.3. The van der Waals surface area contributed by atoms with Gasteiger partial charge in [0.15, 0.2) is 6.61 Å². The number of non-ortho nitro benzene ring substituents is 1. The molecule has 0 fully saturated rings. The normalized spacial score (nSPS) is 12.8.